The van der Waals surface area contributed by atoms with E-state index in [0.717, 1.165) is 30.8 Å². The zero-order chi connectivity index (χ0) is 13.0. The molecule has 1 heterocycles. The summed E-state index contributed by atoms with van der Waals surface area (Å²) in [6.45, 7) is 2.72. The van der Waals surface area contributed by atoms with E-state index in [0.29, 0.717) is 0 Å². The average Bonchev–Trinajstić information content (AvgIpc) is 2.35. The standard InChI is InChI=1S/C15H18N2O/c1-12-4-2-6-15(18)17(12)11-3-5-13-7-9-14(16)10-8-13/h2,4,6-10H,3,5,11,16H2,1H3. The fraction of sp³-hybridized carbons (Fsp3) is 0.267. The van der Waals surface area contributed by atoms with Crippen molar-refractivity contribution in [2.24, 2.45) is 0 Å². The van der Waals surface area contributed by atoms with E-state index >= 15 is 0 Å². The van der Waals surface area contributed by atoms with Crippen LogP contribution in [0.15, 0.2) is 47.3 Å². The van der Waals surface area contributed by atoms with Crippen molar-refractivity contribution in [1.29, 1.82) is 0 Å². The Morgan fingerprint density at radius 3 is 2.50 bits per heavy atom. The fourth-order valence-electron chi connectivity index (χ4n) is 2.04. The highest BCUT2D eigenvalue weighted by atomic mass is 16.1. The number of anilines is 1. The van der Waals surface area contributed by atoms with Crippen LogP contribution in [0.1, 0.15) is 17.7 Å². The zero-order valence-corrected chi connectivity index (χ0v) is 10.6. The van der Waals surface area contributed by atoms with Gasteiger partial charge < -0.3 is 10.3 Å². The van der Waals surface area contributed by atoms with Crippen LogP contribution in [0.4, 0.5) is 5.69 Å². The van der Waals surface area contributed by atoms with Crippen molar-refractivity contribution in [3.63, 3.8) is 0 Å². The molecule has 2 rings (SSSR count). The number of aryl methyl sites for hydroxylation is 2. The summed E-state index contributed by atoms with van der Waals surface area (Å²) in [6, 6.07) is 13.3. The SMILES string of the molecule is Cc1cccc(=O)n1CCCc1ccc(N)cc1. The molecule has 0 saturated heterocycles. The van der Waals surface area contributed by atoms with Gasteiger partial charge in [-0.25, -0.2) is 0 Å². The Hall–Kier alpha value is -2.03. The number of rotatable bonds is 4. The third-order valence-corrected chi connectivity index (χ3v) is 3.09. The molecule has 1 aromatic heterocycles. The van der Waals surface area contributed by atoms with Crippen molar-refractivity contribution in [3.05, 3.63) is 64.1 Å². The predicted molar refractivity (Wildman–Crippen MR) is 74.6 cm³/mol. The molecule has 0 amide bonds. The van der Waals surface area contributed by atoms with Crippen LogP contribution in [0.5, 0.6) is 0 Å². The molecule has 0 fully saturated rings. The molecule has 0 spiro atoms. The van der Waals surface area contributed by atoms with Crippen molar-refractivity contribution >= 4 is 5.69 Å². The van der Waals surface area contributed by atoms with Crippen molar-refractivity contribution < 1.29 is 0 Å². The molecule has 3 nitrogen and oxygen atoms in total. The first-order chi connectivity index (χ1) is 8.66. The van der Waals surface area contributed by atoms with Crippen LogP contribution >= 0.6 is 0 Å². The molecule has 94 valence electrons. The van der Waals surface area contributed by atoms with E-state index in [2.05, 4.69) is 0 Å². The maximum absolute atomic E-state index is 11.7. The molecular weight excluding hydrogens is 224 g/mol. The van der Waals surface area contributed by atoms with Gasteiger partial charge in [0.1, 0.15) is 0 Å². The molecule has 18 heavy (non-hydrogen) atoms. The third-order valence-electron chi connectivity index (χ3n) is 3.09. The van der Waals surface area contributed by atoms with Gasteiger partial charge in [-0.1, -0.05) is 18.2 Å². The summed E-state index contributed by atoms with van der Waals surface area (Å²) >= 11 is 0. The number of nitrogens with zero attached hydrogens (tertiary/aromatic N) is 1. The number of hydrogen-bond donors (Lipinski definition) is 1. The van der Waals surface area contributed by atoms with Crippen molar-refractivity contribution in [2.45, 2.75) is 26.3 Å². The smallest absolute Gasteiger partial charge is 0.250 e. The van der Waals surface area contributed by atoms with Gasteiger partial charge in [-0.05, 0) is 43.5 Å². The average molecular weight is 242 g/mol. The molecule has 0 bridgehead atoms. The van der Waals surface area contributed by atoms with Crippen molar-refractivity contribution in [1.82, 2.24) is 4.57 Å². The highest BCUT2D eigenvalue weighted by Gasteiger charge is 1.99. The third kappa shape index (κ3) is 3.00. The molecular formula is C15H18N2O. The zero-order valence-electron chi connectivity index (χ0n) is 10.6. The van der Waals surface area contributed by atoms with E-state index in [1.54, 1.807) is 12.1 Å². The molecule has 0 aliphatic carbocycles. The minimum atomic E-state index is 0.0762. The van der Waals surface area contributed by atoms with Gasteiger partial charge in [0.15, 0.2) is 0 Å². The minimum Gasteiger partial charge on any atom is -0.399 e. The Balaban J connectivity index is 1.96. The number of pyridine rings is 1. The van der Waals surface area contributed by atoms with Gasteiger partial charge >= 0.3 is 0 Å². The Bertz CT molecular complexity index is 570. The highest BCUT2D eigenvalue weighted by Crippen LogP contribution is 2.08. The molecule has 0 atom stereocenters. The van der Waals surface area contributed by atoms with E-state index in [1.165, 1.54) is 5.56 Å². The number of nitrogen functional groups attached to an aromatic ring is 1. The summed E-state index contributed by atoms with van der Waals surface area (Å²) in [7, 11) is 0. The van der Waals surface area contributed by atoms with Crippen molar-refractivity contribution in [3.8, 4) is 0 Å². The lowest BCUT2D eigenvalue weighted by atomic mass is 10.1. The molecule has 3 heteroatoms. The second-order valence-corrected chi connectivity index (χ2v) is 4.50. The Morgan fingerprint density at radius 1 is 1.11 bits per heavy atom. The Morgan fingerprint density at radius 2 is 1.83 bits per heavy atom. The first kappa shape index (κ1) is 12.4. The van der Waals surface area contributed by atoms with Gasteiger partial charge in [-0.2, -0.15) is 0 Å². The summed E-state index contributed by atoms with van der Waals surface area (Å²) in [5.74, 6) is 0. The molecule has 0 radical (unpaired) electrons. The fourth-order valence-corrected chi connectivity index (χ4v) is 2.04. The van der Waals surface area contributed by atoms with Crippen LogP contribution in [0.25, 0.3) is 0 Å². The number of aromatic nitrogens is 1. The van der Waals surface area contributed by atoms with Crippen LogP contribution < -0.4 is 11.3 Å². The summed E-state index contributed by atoms with van der Waals surface area (Å²) in [5.41, 5.74) is 8.77. The van der Waals surface area contributed by atoms with Gasteiger partial charge in [0.25, 0.3) is 5.56 Å². The molecule has 0 aliphatic heterocycles. The van der Waals surface area contributed by atoms with Crippen LogP contribution in [0.3, 0.4) is 0 Å². The minimum absolute atomic E-state index is 0.0762. The van der Waals surface area contributed by atoms with Crippen LogP contribution in [-0.2, 0) is 13.0 Å². The predicted octanol–water partition coefficient (Wildman–Crippen LogP) is 2.37. The number of benzene rings is 1. The second kappa shape index (κ2) is 5.54. The van der Waals surface area contributed by atoms with E-state index in [1.807, 2.05) is 41.8 Å². The van der Waals surface area contributed by atoms with Crippen LogP contribution in [0.2, 0.25) is 0 Å². The molecule has 0 unspecified atom stereocenters. The summed E-state index contributed by atoms with van der Waals surface area (Å²) in [6.07, 6.45) is 1.91. The molecule has 2 N–H and O–H groups in total. The molecule has 1 aromatic carbocycles. The maximum Gasteiger partial charge on any atom is 0.250 e. The van der Waals surface area contributed by atoms with E-state index in [4.69, 9.17) is 5.73 Å². The Kier molecular flexibility index (Phi) is 3.82. The van der Waals surface area contributed by atoms with Gasteiger partial charge in [-0.3, -0.25) is 4.79 Å². The summed E-state index contributed by atoms with van der Waals surface area (Å²) in [4.78, 5) is 11.7. The van der Waals surface area contributed by atoms with E-state index in [9.17, 15) is 4.79 Å². The van der Waals surface area contributed by atoms with Gasteiger partial charge in [-0.15, -0.1) is 0 Å². The first-order valence-electron chi connectivity index (χ1n) is 6.18. The summed E-state index contributed by atoms with van der Waals surface area (Å²) in [5, 5.41) is 0. The lowest BCUT2D eigenvalue weighted by Gasteiger charge is -2.09. The number of nitrogens with two attached hydrogens (primary N) is 1. The summed E-state index contributed by atoms with van der Waals surface area (Å²) < 4.78 is 1.82. The second-order valence-electron chi connectivity index (χ2n) is 4.50. The topological polar surface area (TPSA) is 48.0 Å². The largest absolute Gasteiger partial charge is 0.399 e. The van der Waals surface area contributed by atoms with Crippen LogP contribution in [0, 0.1) is 6.92 Å². The Labute approximate surface area is 107 Å². The van der Waals surface area contributed by atoms with Crippen molar-refractivity contribution in [2.75, 3.05) is 5.73 Å². The monoisotopic (exact) mass is 242 g/mol. The van der Waals surface area contributed by atoms with Gasteiger partial charge in [0.2, 0.25) is 0 Å². The lowest BCUT2D eigenvalue weighted by molar-refractivity contribution is 0.607. The quantitative estimate of drug-likeness (QED) is 0.837. The number of hydrogen-bond acceptors (Lipinski definition) is 2. The first-order valence-corrected chi connectivity index (χ1v) is 6.18. The molecule has 0 aliphatic rings. The lowest BCUT2D eigenvalue weighted by Crippen LogP contribution is -2.21. The normalized spacial score (nSPS) is 10.5. The maximum atomic E-state index is 11.7. The van der Waals surface area contributed by atoms with Gasteiger partial charge in [0.05, 0.1) is 0 Å². The molecule has 2 aromatic rings. The highest BCUT2D eigenvalue weighted by molar-refractivity contribution is 5.39. The molecule has 0 saturated carbocycles. The van der Waals surface area contributed by atoms with E-state index in [-0.39, 0.29) is 5.56 Å². The van der Waals surface area contributed by atoms with Crippen LogP contribution in [-0.4, -0.2) is 4.57 Å². The van der Waals surface area contributed by atoms with E-state index < -0.39 is 0 Å². The van der Waals surface area contributed by atoms with Gasteiger partial charge in [0, 0.05) is 24.0 Å².